The average Bonchev–Trinajstić information content (AvgIpc) is 2.82. The maximum atomic E-state index is 14.1. The molecule has 6 heteroatoms. The van der Waals surface area contributed by atoms with Crippen molar-refractivity contribution in [1.82, 2.24) is 9.88 Å². The van der Waals surface area contributed by atoms with E-state index in [1.54, 1.807) is 6.07 Å². The second-order valence-electron chi connectivity index (χ2n) is 8.30. The predicted octanol–water partition coefficient (Wildman–Crippen LogP) is 4.99. The molecule has 1 aromatic heterocycles. The Morgan fingerprint density at radius 3 is 2.59 bits per heavy atom. The van der Waals surface area contributed by atoms with Crippen LogP contribution in [0.4, 0.5) is 4.39 Å². The summed E-state index contributed by atoms with van der Waals surface area (Å²) in [4.78, 5) is 19.7. The number of esters is 1. The predicted molar refractivity (Wildman–Crippen MR) is 122 cm³/mol. The van der Waals surface area contributed by atoms with Gasteiger partial charge in [-0.3, -0.25) is 9.69 Å². The third-order valence-corrected chi connectivity index (χ3v) is 6.23. The van der Waals surface area contributed by atoms with Gasteiger partial charge in [0.15, 0.2) is 0 Å². The number of hydrogen-bond donors (Lipinski definition) is 0. The number of rotatable bonds is 8. The number of halogens is 1. The number of carbonyl (C=O) groups excluding carboxylic acids is 1. The maximum Gasteiger partial charge on any atom is 0.312 e. The zero-order valence-corrected chi connectivity index (χ0v) is 18.4. The van der Waals surface area contributed by atoms with Crippen LogP contribution in [0.25, 0.3) is 10.9 Å². The number of benzene rings is 2. The lowest BCUT2D eigenvalue weighted by molar-refractivity contribution is -0.159. The van der Waals surface area contributed by atoms with Gasteiger partial charge >= 0.3 is 5.97 Å². The Morgan fingerprint density at radius 1 is 1.06 bits per heavy atom. The largest absolute Gasteiger partial charge is 0.494 e. The number of hydrogen-bond acceptors (Lipinski definition) is 5. The summed E-state index contributed by atoms with van der Waals surface area (Å²) < 4.78 is 25.4. The van der Waals surface area contributed by atoms with E-state index in [-0.39, 0.29) is 11.8 Å². The molecule has 168 valence electrons. The molecule has 1 fully saturated rings. The summed E-state index contributed by atoms with van der Waals surface area (Å²) in [6, 6.07) is 18.5. The van der Waals surface area contributed by atoms with Gasteiger partial charge in [-0.2, -0.15) is 0 Å². The molecule has 0 unspecified atom stereocenters. The molecule has 1 aliphatic heterocycles. The number of ether oxygens (including phenoxy) is 2. The monoisotopic (exact) mass is 436 g/mol. The van der Waals surface area contributed by atoms with Gasteiger partial charge in [0.2, 0.25) is 0 Å². The molecule has 0 bridgehead atoms. The van der Waals surface area contributed by atoms with Gasteiger partial charge in [-0.05, 0) is 63.5 Å². The van der Waals surface area contributed by atoms with Gasteiger partial charge in [-0.25, -0.2) is 9.37 Å². The van der Waals surface area contributed by atoms with Crippen LogP contribution in [0.15, 0.2) is 60.7 Å². The second-order valence-corrected chi connectivity index (χ2v) is 8.30. The van der Waals surface area contributed by atoms with Gasteiger partial charge in [-0.1, -0.05) is 36.4 Å². The SMILES string of the molecule is CCOC(=O)C1(CCOc2ccccc2)CCN(Cc2ccc3cccc(F)c3n2)CC1. The third-order valence-electron chi connectivity index (χ3n) is 6.23. The fraction of sp³-hybridized carbons (Fsp3) is 0.385. The van der Waals surface area contributed by atoms with Crippen molar-refractivity contribution >= 4 is 16.9 Å². The lowest BCUT2D eigenvalue weighted by atomic mass is 9.75. The van der Waals surface area contributed by atoms with E-state index in [0.717, 1.165) is 29.9 Å². The first-order valence-electron chi connectivity index (χ1n) is 11.2. The highest BCUT2D eigenvalue weighted by atomic mass is 19.1. The first-order chi connectivity index (χ1) is 15.6. The van der Waals surface area contributed by atoms with Crippen molar-refractivity contribution in [2.24, 2.45) is 5.41 Å². The highest BCUT2D eigenvalue weighted by Crippen LogP contribution is 2.37. The van der Waals surface area contributed by atoms with Crippen molar-refractivity contribution < 1.29 is 18.7 Å². The quantitative estimate of drug-likeness (QED) is 0.466. The molecule has 2 aromatic carbocycles. The minimum absolute atomic E-state index is 0.137. The normalized spacial score (nSPS) is 16.1. The Labute approximate surface area is 188 Å². The number of aromatic nitrogens is 1. The molecule has 4 rings (SSSR count). The standard InChI is InChI=1S/C26H29FN2O3/c1-2-31-25(30)26(15-18-32-22-8-4-3-5-9-22)13-16-29(17-14-26)19-21-12-11-20-7-6-10-23(27)24(20)28-21/h3-12H,2,13-19H2,1H3. The lowest BCUT2D eigenvalue weighted by Crippen LogP contribution is -2.45. The minimum Gasteiger partial charge on any atom is -0.494 e. The number of nitrogens with zero attached hydrogens (tertiary/aromatic N) is 2. The van der Waals surface area contributed by atoms with Gasteiger partial charge in [0.25, 0.3) is 0 Å². The van der Waals surface area contributed by atoms with E-state index in [0.29, 0.717) is 44.5 Å². The number of fused-ring (bicyclic) bond motifs is 1. The summed E-state index contributed by atoms with van der Waals surface area (Å²) in [6.07, 6.45) is 2.02. The van der Waals surface area contributed by atoms with Gasteiger partial charge in [0.1, 0.15) is 17.1 Å². The topological polar surface area (TPSA) is 51.7 Å². The van der Waals surface area contributed by atoms with Crippen molar-refractivity contribution in [2.45, 2.75) is 32.7 Å². The molecule has 5 nitrogen and oxygen atoms in total. The van der Waals surface area contributed by atoms with E-state index in [4.69, 9.17) is 9.47 Å². The first kappa shape index (κ1) is 22.2. The summed E-state index contributed by atoms with van der Waals surface area (Å²) >= 11 is 0. The molecule has 0 spiro atoms. The van der Waals surface area contributed by atoms with Crippen LogP contribution in [-0.2, 0) is 16.1 Å². The van der Waals surface area contributed by atoms with Crippen molar-refractivity contribution in [1.29, 1.82) is 0 Å². The van der Waals surface area contributed by atoms with Crippen LogP contribution in [0, 0.1) is 11.2 Å². The highest BCUT2D eigenvalue weighted by molar-refractivity contribution is 5.79. The molecule has 0 radical (unpaired) electrons. The van der Waals surface area contributed by atoms with Gasteiger partial charge in [0, 0.05) is 11.9 Å². The Bertz CT molecular complexity index is 1050. The van der Waals surface area contributed by atoms with Crippen LogP contribution in [0.1, 0.15) is 31.9 Å². The summed E-state index contributed by atoms with van der Waals surface area (Å²) in [5, 5.41) is 0.798. The summed E-state index contributed by atoms with van der Waals surface area (Å²) in [7, 11) is 0. The van der Waals surface area contributed by atoms with Crippen LogP contribution >= 0.6 is 0 Å². The molecule has 32 heavy (non-hydrogen) atoms. The number of carbonyl (C=O) groups is 1. The molecule has 0 aliphatic carbocycles. The van der Waals surface area contributed by atoms with E-state index < -0.39 is 5.41 Å². The maximum absolute atomic E-state index is 14.1. The Hall–Kier alpha value is -2.99. The van der Waals surface area contributed by atoms with Crippen LogP contribution in [0.3, 0.4) is 0 Å². The number of likely N-dealkylation sites (tertiary alicyclic amines) is 1. The number of para-hydroxylation sites is 2. The van der Waals surface area contributed by atoms with E-state index in [2.05, 4.69) is 9.88 Å². The molecule has 2 heterocycles. The van der Waals surface area contributed by atoms with Crippen molar-refractivity contribution in [3.05, 3.63) is 72.2 Å². The molecule has 0 N–H and O–H groups in total. The third kappa shape index (κ3) is 5.07. The Morgan fingerprint density at radius 2 is 1.84 bits per heavy atom. The first-order valence-corrected chi connectivity index (χ1v) is 11.2. The van der Waals surface area contributed by atoms with Crippen LogP contribution in [0.5, 0.6) is 5.75 Å². The fourth-order valence-electron chi connectivity index (χ4n) is 4.33. The minimum atomic E-state index is -0.537. The fourth-order valence-corrected chi connectivity index (χ4v) is 4.33. The number of pyridine rings is 1. The Balaban J connectivity index is 1.39. The zero-order chi connectivity index (χ0) is 22.4. The van der Waals surface area contributed by atoms with Crippen molar-refractivity contribution in [2.75, 3.05) is 26.3 Å². The summed E-state index contributed by atoms with van der Waals surface area (Å²) in [6.45, 7) is 4.81. The van der Waals surface area contributed by atoms with Gasteiger partial charge in [-0.15, -0.1) is 0 Å². The second kappa shape index (κ2) is 10.1. The van der Waals surface area contributed by atoms with Gasteiger partial charge in [0.05, 0.1) is 24.3 Å². The van der Waals surface area contributed by atoms with E-state index >= 15 is 0 Å². The van der Waals surface area contributed by atoms with E-state index in [9.17, 15) is 9.18 Å². The van der Waals surface area contributed by atoms with Crippen LogP contribution < -0.4 is 4.74 Å². The molecule has 1 saturated heterocycles. The van der Waals surface area contributed by atoms with E-state index in [1.165, 1.54) is 6.07 Å². The van der Waals surface area contributed by atoms with E-state index in [1.807, 2.05) is 55.5 Å². The molecule has 0 saturated carbocycles. The van der Waals surface area contributed by atoms with Crippen molar-refractivity contribution in [3.8, 4) is 5.75 Å². The molecule has 3 aromatic rings. The zero-order valence-electron chi connectivity index (χ0n) is 18.4. The van der Waals surface area contributed by atoms with Crippen LogP contribution in [-0.4, -0.2) is 42.2 Å². The smallest absolute Gasteiger partial charge is 0.312 e. The summed E-state index contributed by atoms with van der Waals surface area (Å²) in [5.74, 6) is 0.364. The lowest BCUT2D eigenvalue weighted by Gasteiger charge is -2.39. The highest BCUT2D eigenvalue weighted by Gasteiger charge is 2.42. The molecular weight excluding hydrogens is 407 g/mol. The average molecular weight is 437 g/mol. The summed E-state index contributed by atoms with van der Waals surface area (Å²) in [5.41, 5.74) is 0.698. The Kier molecular flexibility index (Phi) is 7.00. The molecular formula is C26H29FN2O3. The molecule has 1 aliphatic rings. The number of piperidine rings is 1. The van der Waals surface area contributed by atoms with Gasteiger partial charge < -0.3 is 9.47 Å². The van der Waals surface area contributed by atoms with Crippen molar-refractivity contribution in [3.63, 3.8) is 0 Å². The molecule has 0 atom stereocenters. The molecule has 0 amide bonds. The van der Waals surface area contributed by atoms with Crippen LogP contribution in [0.2, 0.25) is 0 Å².